The molecule has 0 aromatic carbocycles. The number of aliphatic imine (C=N–C) groups is 1. The molecule has 0 aromatic rings. The molecule has 0 aromatic heterocycles. The maximum atomic E-state index is 10.6. The molecule has 1 N–H and O–H groups in total. The molecule has 0 bridgehead atoms. The Morgan fingerprint density at radius 1 is 1.50 bits per heavy atom. The first kappa shape index (κ1) is 9.15. The summed E-state index contributed by atoms with van der Waals surface area (Å²) in [5.74, 6) is 0.0249. The Hall–Kier alpha value is -0.940. The lowest BCUT2D eigenvalue weighted by atomic mass is 10.9. The van der Waals surface area contributed by atoms with Crippen molar-refractivity contribution in [2.24, 2.45) is 4.99 Å². The summed E-state index contributed by atoms with van der Waals surface area (Å²) in [6, 6.07) is 0. The van der Waals surface area contributed by atoms with Crippen LogP contribution in [0.2, 0.25) is 0 Å². The Bertz CT molecular complexity index is 274. The largest absolute Gasteiger partial charge is 0.453 e. The van der Waals surface area contributed by atoms with Crippen molar-refractivity contribution in [2.75, 3.05) is 7.11 Å². The Morgan fingerprint density at radius 2 is 2.17 bits per heavy atom. The van der Waals surface area contributed by atoms with E-state index in [1.165, 1.54) is 7.11 Å². The molecule has 1 amide bonds. The lowest BCUT2D eigenvalue weighted by Gasteiger charge is -2.00. The van der Waals surface area contributed by atoms with Gasteiger partial charge in [-0.15, -0.1) is 0 Å². The number of alkyl carbamates (subject to hydrolysis) is 1. The van der Waals surface area contributed by atoms with Gasteiger partial charge in [0.2, 0.25) is 5.96 Å². The number of methoxy groups -OCH3 is 1. The minimum absolute atomic E-state index is 0.0249. The van der Waals surface area contributed by atoms with Gasteiger partial charge in [0, 0.05) is 0 Å². The van der Waals surface area contributed by atoms with Crippen LogP contribution < -0.4 is 10.6 Å². The predicted octanol–water partition coefficient (Wildman–Crippen LogP) is 0.921. The molecular formula is C5H4Cl2N3O2. The zero-order valence-corrected chi connectivity index (χ0v) is 7.48. The SMILES string of the molecule is COC(=O)NC1=NC(Cl)=C(Cl)[N]1. The molecule has 0 spiro atoms. The first-order chi connectivity index (χ1) is 5.63. The number of hydrogen-bond donors (Lipinski definition) is 1. The number of guanidine groups is 1. The summed E-state index contributed by atoms with van der Waals surface area (Å²) >= 11 is 10.9. The van der Waals surface area contributed by atoms with Crippen LogP contribution in [0.4, 0.5) is 4.79 Å². The molecule has 0 fully saturated rings. The molecule has 1 radical (unpaired) electrons. The average molecular weight is 209 g/mol. The van der Waals surface area contributed by atoms with Crippen molar-refractivity contribution in [2.45, 2.75) is 0 Å². The first-order valence-electron chi connectivity index (χ1n) is 2.84. The van der Waals surface area contributed by atoms with Crippen LogP contribution in [0.1, 0.15) is 0 Å². The third-order valence-corrected chi connectivity index (χ3v) is 1.60. The van der Waals surface area contributed by atoms with E-state index in [2.05, 4.69) is 20.4 Å². The number of carbonyl (C=O) groups is 1. The van der Waals surface area contributed by atoms with E-state index >= 15 is 0 Å². The number of hydrogen-bond acceptors (Lipinski definition) is 3. The van der Waals surface area contributed by atoms with E-state index in [1.807, 2.05) is 0 Å². The van der Waals surface area contributed by atoms with E-state index in [1.54, 1.807) is 0 Å². The van der Waals surface area contributed by atoms with Crippen LogP contribution in [-0.2, 0) is 4.74 Å². The number of rotatable bonds is 0. The van der Waals surface area contributed by atoms with Gasteiger partial charge in [-0.2, -0.15) is 10.3 Å². The van der Waals surface area contributed by atoms with Crippen LogP contribution in [0.25, 0.3) is 0 Å². The van der Waals surface area contributed by atoms with Crippen molar-refractivity contribution >= 4 is 35.3 Å². The van der Waals surface area contributed by atoms with E-state index in [4.69, 9.17) is 23.2 Å². The summed E-state index contributed by atoms with van der Waals surface area (Å²) < 4.78 is 4.29. The third kappa shape index (κ3) is 2.02. The van der Waals surface area contributed by atoms with Crippen LogP contribution in [-0.4, -0.2) is 19.2 Å². The van der Waals surface area contributed by atoms with E-state index in [0.29, 0.717) is 0 Å². The maximum Gasteiger partial charge on any atom is 0.413 e. The van der Waals surface area contributed by atoms with E-state index in [0.717, 1.165) is 0 Å². The summed E-state index contributed by atoms with van der Waals surface area (Å²) in [6.45, 7) is 0. The van der Waals surface area contributed by atoms with Gasteiger partial charge in [-0.3, -0.25) is 5.32 Å². The second kappa shape index (κ2) is 3.64. The lowest BCUT2D eigenvalue weighted by molar-refractivity contribution is 0.176. The highest BCUT2D eigenvalue weighted by Gasteiger charge is 2.17. The third-order valence-electron chi connectivity index (χ3n) is 0.978. The van der Waals surface area contributed by atoms with E-state index < -0.39 is 6.09 Å². The molecule has 12 heavy (non-hydrogen) atoms. The summed E-state index contributed by atoms with van der Waals surface area (Å²) in [4.78, 5) is 14.2. The fraction of sp³-hybridized carbons (Fsp3) is 0.200. The maximum absolute atomic E-state index is 10.6. The summed E-state index contributed by atoms with van der Waals surface area (Å²) in [5, 5.41) is 5.90. The van der Waals surface area contributed by atoms with E-state index in [-0.39, 0.29) is 16.3 Å². The number of carbonyl (C=O) groups excluding carboxylic acids is 1. The topological polar surface area (TPSA) is 64.8 Å². The van der Waals surface area contributed by atoms with Crippen molar-refractivity contribution < 1.29 is 9.53 Å². The highest BCUT2D eigenvalue weighted by Crippen LogP contribution is 2.18. The Morgan fingerprint density at radius 3 is 2.58 bits per heavy atom. The minimum atomic E-state index is -0.673. The summed E-state index contributed by atoms with van der Waals surface area (Å²) in [6.07, 6.45) is -0.673. The lowest BCUT2D eigenvalue weighted by Crippen LogP contribution is -2.34. The van der Waals surface area contributed by atoms with Crippen molar-refractivity contribution in [3.8, 4) is 0 Å². The average Bonchev–Trinajstić information content (AvgIpc) is 2.31. The molecule has 7 heteroatoms. The van der Waals surface area contributed by atoms with Crippen molar-refractivity contribution in [3.63, 3.8) is 0 Å². The zero-order valence-electron chi connectivity index (χ0n) is 5.97. The number of ether oxygens (including phenoxy) is 1. The monoisotopic (exact) mass is 208 g/mol. The fourth-order valence-electron chi connectivity index (χ4n) is 0.501. The van der Waals surface area contributed by atoms with Gasteiger partial charge in [0.1, 0.15) is 0 Å². The minimum Gasteiger partial charge on any atom is -0.453 e. The standard InChI is InChI=1S/C5H4Cl2N3O2/c1-12-5(11)10-4-8-2(6)3(7)9-4/h1H3,(H,8,10,11). The summed E-state index contributed by atoms with van der Waals surface area (Å²) in [7, 11) is 1.22. The Balaban J connectivity index is 2.51. The van der Waals surface area contributed by atoms with Gasteiger partial charge in [0.25, 0.3) is 0 Å². The highest BCUT2D eigenvalue weighted by molar-refractivity contribution is 6.41. The number of nitrogens with zero attached hydrogens (tertiary/aromatic N) is 2. The number of halogens is 2. The second-order valence-electron chi connectivity index (χ2n) is 1.75. The van der Waals surface area contributed by atoms with Crippen molar-refractivity contribution in [1.29, 1.82) is 0 Å². The van der Waals surface area contributed by atoms with Gasteiger partial charge < -0.3 is 4.74 Å². The Kier molecular flexibility index (Phi) is 2.78. The molecule has 1 rings (SSSR count). The molecule has 5 nitrogen and oxygen atoms in total. The molecule has 0 aliphatic carbocycles. The van der Waals surface area contributed by atoms with Crippen LogP contribution in [0.3, 0.4) is 0 Å². The molecule has 0 saturated heterocycles. The summed E-state index contributed by atoms with van der Waals surface area (Å²) in [5.41, 5.74) is 0. The molecular weight excluding hydrogens is 205 g/mol. The quantitative estimate of drug-likeness (QED) is 0.602. The van der Waals surface area contributed by atoms with Gasteiger partial charge >= 0.3 is 6.09 Å². The van der Waals surface area contributed by atoms with Crippen LogP contribution in [0.5, 0.6) is 0 Å². The zero-order chi connectivity index (χ0) is 9.14. The van der Waals surface area contributed by atoms with Crippen LogP contribution in [0, 0.1) is 0 Å². The molecule has 1 aliphatic rings. The van der Waals surface area contributed by atoms with E-state index in [9.17, 15) is 4.79 Å². The predicted molar refractivity (Wildman–Crippen MR) is 43.8 cm³/mol. The fourth-order valence-corrected chi connectivity index (χ4v) is 0.746. The number of amides is 1. The number of nitrogens with one attached hydrogen (secondary N) is 1. The van der Waals surface area contributed by atoms with Gasteiger partial charge in [-0.1, -0.05) is 23.2 Å². The normalized spacial score (nSPS) is 15.4. The molecule has 0 saturated carbocycles. The highest BCUT2D eigenvalue weighted by atomic mass is 35.5. The second-order valence-corrected chi connectivity index (χ2v) is 2.46. The van der Waals surface area contributed by atoms with Gasteiger partial charge in [0.15, 0.2) is 10.3 Å². The first-order valence-corrected chi connectivity index (χ1v) is 3.59. The van der Waals surface area contributed by atoms with Gasteiger partial charge in [-0.05, 0) is 0 Å². The molecule has 1 aliphatic heterocycles. The van der Waals surface area contributed by atoms with Crippen molar-refractivity contribution in [1.82, 2.24) is 10.6 Å². The molecule has 0 atom stereocenters. The Labute approximate surface area is 78.4 Å². The van der Waals surface area contributed by atoms with Crippen LogP contribution >= 0.6 is 23.2 Å². The smallest absolute Gasteiger partial charge is 0.413 e. The van der Waals surface area contributed by atoms with Gasteiger partial charge in [-0.25, -0.2) is 4.79 Å². The van der Waals surface area contributed by atoms with Gasteiger partial charge in [0.05, 0.1) is 7.11 Å². The van der Waals surface area contributed by atoms with Crippen LogP contribution in [0.15, 0.2) is 15.3 Å². The molecule has 1 heterocycles. The molecule has 65 valence electrons. The van der Waals surface area contributed by atoms with Crippen molar-refractivity contribution in [3.05, 3.63) is 10.3 Å². The molecule has 0 unspecified atom stereocenters.